The number of anilines is 5. The molecule has 0 aliphatic heterocycles. The van der Waals surface area contributed by atoms with Crippen LogP contribution in [0.4, 0.5) is 28.4 Å². The first kappa shape index (κ1) is 42.6. The van der Waals surface area contributed by atoms with Gasteiger partial charge in [-0.05, 0) is 139 Å². The summed E-state index contributed by atoms with van der Waals surface area (Å²) in [5, 5.41) is 9.83. The minimum Gasteiger partial charge on any atom is -0.309 e. The van der Waals surface area contributed by atoms with E-state index in [4.69, 9.17) is 0 Å². The lowest BCUT2D eigenvalue weighted by atomic mass is 9.81. The fraction of sp³-hybridized carbons (Fsp3) is 0.0857. The number of benzene rings is 10. The van der Waals surface area contributed by atoms with Gasteiger partial charge >= 0.3 is 0 Å². The molecule has 15 rings (SSSR count). The first-order valence-electron chi connectivity index (χ1n) is 26.3. The van der Waals surface area contributed by atoms with Crippen molar-refractivity contribution in [2.45, 2.75) is 32.1 Å². The zero-order valence-electron chi connectivity index (χ0n) is 41.1. The zero-order chi connectivity index (χ0) is 48.7. The Bertz CT molecular complexity index is 4350. The topological polar surface area (TPSA) is 16.3 Å². The van der Waals surface area contributed by atoms with E-state index in [1.54, 1.807) is 0 Å². The molecule has 0 radical (unpaired) electrons. The van der Waals surface area contributed by atoms with E-state index in [2.05, 4.69) is 268 Å². The maximum atomic E-state index is 2.65. The van der Waals surface area contributed by atoms with Crippen molar-refractivity contribution in [1.82, 2.24) is 9.13 Å². The molecule has 0 fully saturated rings. The van der Waals surface area contributed by atoms with Crippen LogP contribution < -0.4 is 9.80 Å². The van der Waals surface area contributed by atoms with Gasteiger partial charge in [0, 0.05) is 71.7 Å². The summed E-state index contributed by atoms with van der Waals surface area (Å²) >= 11 is 0. The van der Waals surface area contributed by atoms with Gasteiger partial charge in [-0.2, -0.15) is 0 Å². The molecule has 352 valence electrons. The van der Waals surface area contributed by atoms with Gasteiger partial charge in [-0.1, -0.05) is 164 Å². The second-order valence-electron chi connectivity index (χ2n) is 20.2. The summed E-state index contributed by atoms with van der Waals surface area (Å²) in [5.41, 5.74) is 18.3. The quantitative estimate of drug-likeness (QED) is 0.141. The van der Waals surface area contributed by atoms with Gasteiger partial charge in [-0.3, -0.25) is 0 Å². The number of nitrogens with zero attached hydrogens (tertiary/aromatic N) is 4. The predicted molar refractivity (Wildman–Crippen MR) is 313 cm³/mol. The fourth-order valence-corrected chi connectivity index (χ4v) is 12.9. The molecule has 10 aromatic carbocycles. The molecule has 12 aromatic rings. The van der Waals surface area contributed by atoms with E-state index >= 15 is 0 Å². The fourth-order valence-electron chi connectivity index (χ4n) is 12.9. The highest BCUT2D eigenvalue weighted by Gasteiger charge is 2.33. The van der Waals surface area contributed by atoms with Crippen molar-refractivity contribution in [3.05, 3.63) is 265 Å². The second-order valence-corrected chi connectivity index (χ2v) is 20.2. The number of rotatable bonds is 8. The van der Waals surface area contributed by atoms with Crippen LogP contribution in [-0.2, 0) is 6.42 Å². The van der Waals surface area contributed by atoms with E-state index in [1.165, 1.54) is 98.9 Å². The summed E-state index contributed by atoms with van der Waals surface area (Å²) in [6, 6.07) is 78.7. The van der Waals surface area contributed by atoms with Gasteiger partial charge < -0.3 is 18.9 Å². The molecule has 3 aliphatic rings. The highest BCUT2D eigenvalue weighted by molar-refractivity contribution is 6.16. The van der Waals surface area contributed by atoms with E-state index in [-0.39, 0.29) is 0 Å². The van der Waals surface area contributed by atoms with Crippen molar-refractivity contribution in [3.8, 4) is 11.4 Å². The Balaban J connectivity index is 1.03. The van der Waals surface area contributed by atoms with E-state index in [0.717, 1.165) is 60.5 Å². The van der Waals surface area contributed by atoms with Gasteiger partial charge in [-0.25, -0.2) is 0 Å². The van der Waals surface area contributed by atoms with Crippen LogP contribution in [-0.4, -0.2) is 9.13 Å². The molecule has 0 bridgehead atoms. The molecule has 74 heavy (non-hydrogen) atoms. The molecule has 1 atom stereocenters. The number of para-hydroxylation sites is 4. The van der Waals surface area contributed by atoms with Gasteiger partial charge in [0.25, 0.3) is 0 Å². The lowest BCUT2D eigenvalue weighted by Crippen LogP contribution is -2.24. The van der Waals surface area contributed by atoms with Crippen LogP contribution in [0.15, 0.2) is 254 Å². The Morgan fingerprint density at radius 2 is 0.932 bits per heavy atom. The van der Waals surface area contributed by atoms with Gasteiger partial charge in [0.1, 0.15) is 0 Å². The SMILES string of the molecule is C1=Cc2c(c(N(c3ccc4c(c3)c3ccccc3n4-c3ccccc3)c3cccc4ccccc34)c3ccccc3c2N(C2=C3C=CCCC3CC=C2)c2ccc3c(c2)c2ccccc2n3-c2ccccc2)CC1. The molecule has 0 saturated carbocycles. The Morgan fingerprint density at radius 3 is 1.61 bits per heavy atom. The van der Waals surface area contributed by atoms with Crippen LogP contribution in [0.5, 0.6) is 0 Å². The summed E-state index contributed by atoms with van der Waals surface area (Å²) in [4.78, 5) is 5.26. The average Bonchev–Trinajstić information content (AvgIpc) is 4.01. The molecule has 2 aromatic heterocycles. The molecule has 0 amide bonds. The maximum Gasteiger partial charge on any atom is 0.0616 e. The third-order valence-corrected chi connectivity index (χ3v) is 16.1. The molecule has 0 saturated heterocycles. The number of fused-ring (bicyclic) bond motifs is 10. The Hall–Kier alpha value is -9.12. The molecule has 4 nitrogen and oxygen atoms in total. The highest BCUT2D eigenvalue weighted by Crippen LogP contribution is 2.54. The van der Waals surface area contributed by atoms with Crippen LogP contribution in [0.25, 0.3) is 82.6 Å². The normalized spacial score (nSPS) is 15.2. The summed E-state index contributed by atoms with van der Waals surface area (Å²) in [5.74, 6) is 0.465. The number of allylic oxidation sites excluding steroid dienone is 6. The molecular formula is C70H52N4. The molecule has 3 aliphatic carbocycles. The molecule has 4 heteroatoms. The maximum absolute atomic E-state index is 2.65. The standard InChI is InChI=1S/C70H52N4/c1-3-25-49(26-4-1)71-65-37-17-15-31-55(65)61-45-51(41-43-67(61)71)73(63-39-19-23-47-21-7-9-29-53(47)63)69-57-33-11-13-35-59(57)70(60-36-14-12-34-58(60)69)74(64-40-20-24-48-22-8-10-30-54(48)64)52-42-44-68-62(46-52)56-32-16-18-38-66(56)72(68)50-27-5-2-6-28-50/h1-7,9-11,13-21,23,25-33,35-46,48H,8,12,22,24,34H2. The third-order valence-electron chi connectivity index (χ3n) is 16.1. The molecule has 0 spiro atoms. The summed E-state index contributed by atoms with van der Waals surface area (Å²) < 4.78 is 4.84. The van der Waals surface area contributed by atoms with Crippen molar-refractivity contribution in [3.63, 3.8) is 0 Å². The van der Waals surface area contributed by atoms with Crippen LogP contribution in [0.3, 0.4) is 0 Å². The van der Waals surface area contributed by atoms with Gasteiger partial charge in [-0.15, -0.1) is 0 Å². The average molecular weight is 949 g/mol. The minimum absolute atomic E-state index is 0.465. The Kier molecular flexibility index (Phi) is 9.94. The van der Waals surface area contributed by atoms with Crippen molar-refractivity contribution < 1.29 is 0 Å². The summed E-state index contributed by atoms with van der Waals surface area (Å²) in [7, 11) is 0. The van der Waals surface area contributed by atoms with Crippen LogP contribution in [0, 0.1) is 5.92 Å². The van der Waals surface area contributed by atoms with Gasteiger partial charge in [0.2, 0.25) is 0 Å². The van der Waals surface area contributed by atoms with Gasteiger partial charge in [0.05, 0.1) is 39.1 Å². The van der Waals surface area contributed by atoms with E-state index in [0.29, 0.717) is 5.92 Å². The lowest BCUT2D eigenvalue weighted by Gasteiger charge is -2.38. The number of hydrogen-bond acceptors (Lipinski definition) is 2. The number of aromatic nitrogens is 2. The summed E-state index contributed by atoms with van der Waals surface area (Å²) in [6.07, 6.45) is 19.7. The van der Waals surface area contributed by atoms with E-state index in [1.807, 2.05) is 0 Å². The highest BCUT2D eigenvalue weighted by atomic mass is 15.2. The van der Waals surface area contributed by atoms with Crippen molar-refractivity contribution in [2.75, 3.05) is 9.80 Å². The lowest BCUT2D eigenvalue weighted by molar-refractivity contribution is 0.559. The Labute approximate surface area is 430 Å². The smallest absolute Gasteiger partial charge is 0.0616 e. The number of hydrogen-bond donors (Lipinski definition) is 0. The monoisotopic (exact) mass is 948 g/mol. The molecule has 2 heterocycles. The minimum atomic E-state index is 0.465. The molecule has 0 N–H and O–H groups in total. The molecule has 1 unspecified atom stereocenters. The van der Waals surface area contributed by atoms with Crippen molar-refractivity contribution in [1.29, 1.82) is 0 Å². The van der Waals surface area contributed by atoms with Crippen molar-refractivity contribution in [2.24, 2.45) is 5.92 Å². The first-order valence-corrected chi connectivity index (χ1v) is 26.3. The largest absolute Gasteiger partial charge is 0.309 e. The summed E-state index contributed by atoms with van der Waals surface area (Å²) in [6.45, 7) is 0. The first-order chi connectivity index (χ1) is 36.8. The van der Waals surface area contributed by atoms with Gasteiger partial charge in [0.15, 0.2) is 0 Å². The van der Waals surface area contributed by atoms with E-state index in [9.17, 15) is 0 Å². The van der Waals surface area contributed by atoms with E-state index < -0.39 is 0 Å². The zero-order valence-corrected chi connectivity index (χ0v) is 41.1. The third kappa shape index (κ3) is 6.61. The van der Waals surface area contributed by atoms with Crippen molar-refractivity contribution >= 4 is 99.7 Å². The second kappa shape index (κ2) is 17.3. The predicted octanol–water partition coefficient (Wildman–Crippen LogP) is 18.9. The Morgan fingerprint density at radius 1 is 0.392 bits per heavy atom. The van der Waals surface area contributed by atoms with Crippen LogP contribution >= 0.6 is 0 Å². The van der Waals surface area contributed by atoms with Crippen LogP contribution in [0.2, 0.25) is 0 Å². The van der Waals surface area contributed by atoms with Crippen LogP contribution in [0.1, 0.15) is 36.8 Å². The molecular weight excluding hydrogens is 897 g/mol.